The lowest BCUT2D eigenvalue weighted by Crippen LogP contribution is -2.24. The number of methoxy groups -OCH3 is 1. The van der Waals surface area contributed by atoms with Crippen LogP contribution in [0.1, 0.15) is 25.7 Å². The fourth-order valence-corrected chi connectivity index (χ4v) is 3.04. The Morgan fingerprint density at radius 1 is 1.24 bits per heavy atom. The minimum absolute atomic E-state index is 0.00288. The number of para-hydroxylation sites is 2. The van der Waals surface area contributed by atoms with Gasteiger partial charge in [-0.15, -0.1) is 0 Å². The molecule has 3 heterocycles. The smallest absolute Gasteiger partial charge is 0.279 e. The van der Waals surface area contributed by atoms with Crippen molar-refractivity contribution in [2.24, 2.45) is 0 Å². The second-order valence-corrected chi connectivity index (χ2v) is 6.02. The van der Waals surface area contributed by atoms with E-state index >= 15 is 0 Å². The molecule has 0 bridgehead atoms. The molecule has 3 aromatic heterocycles. The molecule has 8 heteroatoms. The van der Waals surface area contributed by atoms with E-state index in [1.54, 1.807) is 22.4 Å². The number of ether oxygens (including phenoxy) is 1. The van der Waals surface area contributed by atoms with Gasteiger partial charge in [-0.3, -0.25) is 9.20 Å². The largest absolute Gasteiger partial charge is 0.377 e. The van der Waals surface area contributed by atoms with Crippen molar-refractivity contribution in [2.75, 3.05) is 7.11 Å². The molecule has 8 nitrogen and oxygen atoms in total. The first-order valence-corrected chi connectivity index (χ1v) is 7.94. The van der Waals surface area contributed by atoms with E-state index in [4.69, 9.17) is 9.26 Å². The van der Waals surface area contributed by atoms with E-state index < -0.39 is 0 Å². The molecule has 0 N–H and O–H groups in total. The molecule has 0 spiro atoms. The zero-order valence-corrected chi connectivity index (χ0v) is 14.1. The highest BCUT2D eigenvalue weighted by atomic mass is 16.5. The average Bonchev–Trinajstić information content (AvgIpc) is 3.22. The summed E-state index contributed by atoms with van der Waals surface area (Å²) in [5.41, 5.74) is 2.39. The zero-order chi connectivity index (χ0) is 17.6. The Morgan fingerprint density at radius 2 is 2.00 bits per heavy atom. The van der Waals surface area contributed by atoms with Gasteiger partial charge in [0.05, 0.1) is 11.0 Å². The van der Waals surface area contributed by atoms with Crippen molar-refractivity contribution in [1.29, 1.82) is 0 Å². The van der Waals surface area contributed by atoms with Gasteiger partial charge in [0, 0.05) is 13.2 Å². The number of nitrogens with zero attached hydrogens (tertiary/aromatic N) is 5. The SMILES string of the molecule is COCc1noc(-c2ncn3c2c(=O)n(C(C)C)c2ccccc23)n1. The molecule has 0 fully saturated rings. The molecule has 0 saturated carbocycles. The molecule has 4 rings (SSSR count). The average molecular weight is 339 g/mol. The highest BCUT2D eigenvalue weighted by molar-refractivity contribution is 5.83. The third kappa shape index (κ3) is 2.33. The molecule has 0 atom stereocenters. The first-order valence-electron chi connectivity index (χ1n) is 7.94. The lowest BCUT2D eigenvalue weighted by Gasteiger charge is -2.15. The maximum absolute atomic E-state index is 13.2. The van der Waals surface area contributed by atoms with Gasteiger partial charge < -0.3 is 13.8 Å². The molecule has 4 aromatic rings. The Hall–Kier alpha value is -3.00. The normalized spacial score (nSPS) is 11.8. The van der Waals surface area contributed by atoms with Crippen LogP contribution in [0, 0.1) is 0 Å². The van der Waals surface area contributed by atoms with Gasteiger partial charge in [0.25, 0.3) is 11.4 Å². The molecule has 0 aliphatic heterocycles. The van der Waals surface area contributed by atoms with Crippen LogP contribution in [0.25, 0.3) is 28.1 Å². The number of benzene rings is 1. The summed E-state index contributed by atoms with van der Waals surface area (Å²) >= 11 is 0. The van der Waals surface area contributed by atoms with Gasteiger partial charge >= 0.3 is 0 Å². The molecule has 128 valence electrons. The van der Waals surface area contributed by atoms with E-state index in [9.17, 15) is 4.79 Å². The summed E-state index contributed by atoms with van der Waals surface area (Å²) in [7, 11) is 1.55. The Morgan fingerprint density at radius 3 is 2.72 bits per heavy atom. The summed E-state index contributed by atoms with van der Waals surface area (Å²) in [5.74, 6) is 0.612. The van der Waals surface area contributed by atoms with E-state index in [1.165, 1.54) is 0 Å². The van der Waals surface area contributed by atoms with Crippen molar-refractivity contribution in [3.8, 4) is 11.6 Å². The van der Waals surface area contributed by atoms with Crippen molar-refractivity contribution >= 4 is 16.6 Å². The van der Waals surface area contributed by atoms with Gasteiger partial charge in [-0.25, -0.2) is 4.98 Å². The molecular weight excluding hydrogens is 322 g/mol. The zero-order valence-electron chi connectivity index (χ0n) is 14.1. The molecule has 0 unspecified atom stereocenters. The van der Waals surface area contributed by atoms with Crippen molar-refractivity contribution in [3.05, 3.63) is 46.8 Å². The Balaban J connectivity index is 2.07. The second-order valence-electron chi connectivity index (χ2n) is 6.02. The molecule has 0 saturated heterocycles. The lowest BCUT2D eigenvalue weighted by molar-refractivity contribution is 0.174. The molecule has 0 amide bonds. The van der Waals surface area contributed by atoms with Gasteiger partial charge in [0.15, 0.2) is 11.5 Å². The van der Waals surface area contributed by atoms with Crippen LogP contribution in [-0.4, -0.2) is 31.2 Å². The van der Waals surface area contributed by atoms with Crippen molar-refractivity contribution < 1.29 is 9.26 Å². The number of aromatic nitrogens is 5. The van der Waals surface area contributed by atoms with Gasteiger partial charge in [-0.1, -0.05) is 17.3 Å². The molecule has 25 heavy (non-hydrogen) atoms. The molecular formula is C17H17N5O3. The standard InChI is InChI=1S/C17H17N5O3/c1-10(2)22-12-7-5-4-6-11(12)21-9-18-14(15(21)17(22)23)16-19-13(8-24-3)20-25-16/h4-7,9-10H,8H2,1-3H3. The topological polar surface area (TPSA) is 87.5 Å². The van der Waals surface area contributed by atoms with Gasteiger partial charge in [0.2, 0.25) is 0 Å². The summed E-state index contributed by atoms with van der Waals surface area (Å²) in [6.45, 7) is 4.18. The van der Waals surface area contributed by atoms with Gasteiger partial charge in [0.1, 0.15) is 18.5 Å². The van der Waals surface area contributed by atoms with Crippen LogP contribution in [0.5, 0.6) is 0 Å². The van der Waals surface area contributed by atoms with Crippen LogP contribution in [-0.2, 0) is 11.3 Å². The summed E-state index contributed by atoms with van der Waals surface area (Å²) in [6.07, 6.45) is 1.61. The van der Waals surface area contributed by atoms with Crippen molar-refractivity contribution in [3.63, 3.8) is 0 Å². The predicted octanol–water partition coefficient (Wildman–Crippen LogP) is 2.43. The van der Waals surface area contributed by atoms with Crippen LogP contribution in [0.15, 0.2) is 39.9 Å². The van der Waals surface area contributed by atoms with Crippen LogP contribution in [0.3, 0.4) is 0 Å². The fraction of sp³-hybridized carbons (Fsp3) is 0.294. The second kappa shape index (κ2) is 5.82. The van der Waals surface area contributed by atoms with Gasteiger partial charge in [-0.05, 0) is 26.0 Å². The maximum atomic E-state index is 13.2. The Kier molecular flexibility index (Phi) is 3.61. The predicted molar refractivity (Wildman–Crippen MR) is 91.3 cm³/mol. The number of hydrogen-bond acceptors (Lipinski definition) is 6. The highest BCUT2D eigenvalue weighted by Crippen LogP contribution is 2.24. The van der Waals surface area contributed by atoms with E-state index in [1.807, 2.05) is 38.1 Å². The molecule has 1 aromatic carbocycles. The minimum Gasteiger partial charge on any atom is -0.377 e. The molecule has 0 aliphatic rings. The van der Waals surface area contributed by atoms with Crippen molar-refractivity contribution in [2.45, 2.75) is 26.5 Å². The third-order valence-corrected chi connectivity index (χ3v) is 4.05. The first kappa shape index (κ1) is 15.5. The fourth-order valence-electron chi connectivity index (χ4n) is 3.04. The van der Waals surface area contributed by atoms with Crippen LogP contribution in [0.4, 0.5) is 0 Å². The van der Waals surface area contributed by atoms with Crippen molar-refractivity contribution in [1.82, 2.24) is 24.1 Å². The summed E-state index contributed by atoms with van der Waals surface area (Å²) in [5, 5.41) is 3.85. The monoisotopic (exact) mass is 339 g/mol. The quantitative estimate of drug-likeness (QED) is 0.567. The third-order valence-electron chi connectivity index (χ3n) is 4.05. The van der Waals surface area contributed by atoms with Crippen LogP contribution in [0.2, 0.25) is 0 Å². The number of fused-ring (bicyclic) bond motifs is 3. The maximum Gasteiger partial charge on any atom is 0.279 e. The molecule has 0 aliphatic carbocycles. The summed E-state index contributed by atoms with van der Waals surface area (Å²) < 4.78 is 13.8. The van der Waals surface area contributed by atoms with E-state index in [0.717, 1.165) is 11.0 Å². The summed E-state index contributed by atoms with van der Waals surface area (Å²) in [4.78, 5) is 21.8. The Labute approximate surface area is 142 Å². The van der Waals surface area contributed by atoms with E-state index in [2.05, 4.69) is 15.1 Å². The van der Waals surface area contributed by atoms with Crippen LogP contribution >= 0.6 is 0 Å². The lowest BCUT2D eigenvalue weighted by atomic mass is 10.2. The number of imidazole rings is 1. The number of rotatable bonds is 4. The van der Waals surface area contributed by atoms with E-state index in [-0.39, 0.29) is 24.1 Å². The van der Waals surface area contributed by atoms with Gasteiger partial charge in [-0.2, -0.15) is 4.98 Å². The number of hydrogen-bond donors (Lipinski definition) is 0. The highest BCUT2D eigenvalue weighted by Gasteiger charge is 2.21. The summed E-state index contributed by atoms with van der Waals surface area (Å²) in [6, 6.07) is 7.73. The minimum atomic E-state index is -0.146. The van der Waals surface area contributed by atoms with Crippen LogP contribution < -0.4 is 5.56 Å². The first-order chi connectivity index (χ1) is 12.1. The molecule has 0 radical (unpaired) electrons. The Bertz CT molecular complexity index is 1120. The van der Waals surface area contributed by atoms with E-state index in [0.29, 0.717) is 17.0 Å².